The van der Waals surface area contributed by atoms with Gasteiger partial charge in [-0.15, -0.1) is 0 Å². The van der Waals surface area contributed by atoms with Gasteiger partial charge in [0.05, 0.1) is 25.1 Å². The van der Waals surface area contributed by atoms with Gasteiger partial charge in [0.15, 0.2) is 0 Å². The molecule has 1 aliphatic rings. The molecule has 0 spiro atoms. The smallest absolute Gasteiger partial charge is 0.236 e. The molecule has 1 rings (SSSR count). The molecule has 6 heteroatoms. The molecular formula is C11H18N4O2. The fourth-order valence-electron chi connectivity index (χ4n) is 1.97. The van der Waals surface area contributed by atoms with Gasteiger partial charge in [-0.05, 0) is 19.4 Å². The van der Waals surface area contributed by atoms with Gasteiger partial charge in [-0.2, -0.15) is 5.26 Å². The number of carbonyl (C=O) groups is 2. The number of primary amides is 1. The van der Waals surface area contributed by atoms with E-state index in [2.05, 4.69) is 0 Å². The topological polar surface area (TPSA) is 90.4 Å². The molecule has 0 radical (unpaired) electrons. The van der Waals surface area contributed by atoms with Crippen molar-refractivity contribution in [3.8, 4) is 6.07 Å². The lowest BCUT2D eigenvalue weighted by molar-refractivity contribution is -0.132. The first-order valence-corrected chi connectivity index (χ1v) is 5.70. The van der Waals surface area contributed by atoms with E-state index in [1.165, 1.54) is 4.90 Å². The van der Waals surface area contributed by atoms with Crippen LogP contribution in [-0.4, -0.2) is 54.3 Å². The highest BCUT2D eigenvalue weighted by Crippen LogP contribution is 2.16. The van der Waals surface area contributed by atoms with Crippen molar-refractivity contribution in [3.63, 3.8) is 0 Å². The van der Waals surface area contributed by atoms with Crippen LogP contribution in [0.4, 0.5) is 0 Å². The molecule has 2 N–H and O–H groups in total. The van der Waals surface area contributed by atoms with Crippen molar-refractivity contribution in [2.45, 2.75) is 25.3 Å². The van der Waals surface area contributed by atoms with E-state index in [9.17, 15) is 9.59 Å². The van der Waals surface area contributed by atoms with Gasteiger partial charge in [0.25, 0.3) is 0 Å². The number of nitrogens with zero attached hydrogens (tertiary/aromatic N) is 3. The Labute approximate surface area is 101 Å². The summed E-state index contributed by atoms with van der Waals surface area (Å²) in [6.45, 7) is 1.35. The highest BCUT2D eigenvalue weighted by Gasteiger charge is 2.30. The maximum absolute atomic E-state index is 11.8. The molecule has 94 valence electrons. The number of nitriles is 1. The van der Waals surface area contributed by atoms with E-state index in [0.29, 0.717) is 13.0 Å². The zero-order valence-corrected chi connectivity index (χ0v) is 10.1. The van der Waals surface area contributed by atoms with Gasteiger partial charge >= 0.3 is 0 Å². The van der Waals surface area contributed by atoms with E-state index >= 15 is 0 Å². The summed E-state index contributed by atoms with van der Waals surface area (Å²) in [5.74, 6) is -0.441. The highest BCUT2D eigenvalue weighted by molar-refractivity contribution is 5.82. The third kappa shape index (κ3) is 3.71. The molecule has 1 atom stereocenters. The minimum atomic E-state index is -0.366. The summed E-state index contributed by atoms with van der Waals surface area (Å²) >= 11 is 0. The first-order valence-electron chi connectivity index (χ1n) is 5.70. The summed E-state index contributed by atoms with van der Waals surface area (Å²) in [4.78, 5) is 26.3. The molecule has 0 saturated carbocycles. The lowest BCUT2D eigenvalue weighted by Gasteiger charge is -2.24. The minimum absolute atomic E-state index is 0.0756. The number of rotatable bonds is 5. The maximum atomic E-state index is 11.8. The Bertz CT molecular complexity index is 337. The fraction of sp³-hybridized carbons (Fsp3) is 0.727. The number of hydrogen-bond acceptors (Lipinski definition) is 4. The standard InChI is InChI=1S/C11H18N4O2/c1-14(6-3-5-12)10(16)8-15-7-2-4-9(15)11(13)17/h9H,2-4,6-8H2,1H3,(H2,13,17). The van der Waals surface area contributed by atoms with E-state index in [1.807, 2.05) is 11.0 Å². The second kappa shape index (κ2) is 6.21. The quantitative estimate of drug-likeness (QED) is 0.686. The third-order valence-electron chi connectivity index (χ3n) is 3.02. The minimum Gasteiger partial charge on any atom is -0.368 e. The van der Waals surface area contributed by atoms with Crippen LogP contribution in [0, 0.1) is 11.3 Å². The molecule has 0 aromatic rings. The van der Waals surface area contributed by atoms with Crippen LogP contribution in [0.2, 0.25) is 0 Å². The van der Waals surface area contributed by atoms with Crippen LogP contribution in [0.3, 0.4) is 0 Å². The number of nitrogens with two attached hydrogens (primary N) is 1. The summed E-state index contributed by atoms with van der Waals surface area (Å²) in [5.41, 5.74) is 5.27. The van der Waals surface area contributed by atoms with Crippen LogP contribution in [0.25, 0.3) is 0 Å². The monoisotopic (exact) mass is 238 g/mol. The van der Waals surface area contributed by atoms with Crippen LogP contribution < -0.4 is 5.73 Å². The first-order chi connectivity index (χ1) is 8.06. The Kier molecular flexibility index (Phi) is 4.91. The van der Waals surface area contributed by atoms with Gasteiger partial charge in [0.1, 0.15) is 0 Å². The van der Waals surface area contributed by atoms with Gasteiger partial charge in [-0.3, -0.25) is 14.5 Å². The van der Waals surface area contributed by atoms with Crippen LogP contribution in [0.1, 0.15) is 19.3 Å². The first kappa shape index (κ1) is 13.5. The molecule has 0 aromatic carbocycles. The van der Waals surface area contributed by atoms with E-state index in [0.717, 1.165) is 19.4 Å². The number of amides is 2. The lowest BCUT2D eigenvalue weighted by atomic mass is 10.2. The molecule has 2 amide bonds. The Morgan fingerprint density at radius 3 is 2.88 bits per heavy atom. The molecule has 0 aliphatic carbocycles. The summed E-state index contributed by atoms with van der Waals surface area (Å²) in [6, 6.07) is 1.68. The molecule has 1 unspecified atom stereocenters. The number of likely N-dealkylation sites (N-methyl/N-ethyl adjacent to an activating group) is 1. The maximum Gasteiger partial charge on any atom is 0.236 e. The van der Waals surface area contributed by atoms with Crippen molar-refractivity contribution in [3.05, 3.63) is 0 Å². The number of carbonyl (C=O) groups excluding carboxylic acids is 2. The van der Waals surface area contributed by atoms with Crippen molar-refractivity contribution in [2.24, 2.45) is 5.73 Å². The van der Waals surface area contributed by atoms with E-state index in [1.54, 1.807) is 7.05 Å². The largest absolute Gasteiger partial charge is 0.368 e. The highest BCUT2D eigenvalue weighted by atomic mass is 16.2. The molecule has 17 heavy (non-hydrogen) atoms. The Hall–Kier alpha value is -1.61. The van der Waals surface area contributed by atoms with Crippen molar-refractivity contribution in [1.29, 1.82) is 5.26 Å². The second-order valence-electron chi connectivity index (χ2n) is 4.25. The van der Waals surface area contributed by atoms with Crippen LogP contribution in [0.5, 0.6) is 0 Å². The average molecular weight is 238 g/mol. The van der Waals surface area contributed by atoms with Crippen molar-refractivity contribution in [1.82, 2.24) is 9.80 Å². The molecular weight excluding hydrogens is 220 g/mol. The Morgan fingerprint density at radius 2 is 2.29 bits per heavy atom. The third-order valence-corrected chi connectivity index (χ3v) is 3.02. The zero-order valence-electron chi connectivity index (χ0n) is 10.1. The zero-order chi connectivity index (χ0) is 12.8. The molecule has 1 saturated heterocycles. The normalized spacial score (nSPS) is 19.9. The second-order valence-corrected chi connectivity index (χ2v) is 4.25. The van der Waals surface area contributed by atoms with Crippen molar-refractivity contribution in [2.75, 3.05) is 26.7 Å². The molecule has 0 bridgehead atoms. The van der Waals surface area contributed by atoms with Crippen molar-refractivity contribution >= 4 is 11.8 Å². The molecule has 1 fully saturated rings. The van der Waals surface area contributed by atoms with Crippen LogP contribution >= 0.6 is 0 Å². The van der Waals surface area contributed by atoms with Gasteiger partial charge < -0.3 is 10.6 Å². The average Bonchev–Trinajstić information content (AvgIpc) is 2.73. The molecule has 6 nitrogen and oxygen atoms in total. The van der Waals surface area contributed by atoms with E-state index in [4.69, 9.17) is 11.0 Å². The van der Waals surface area contributed by atoms with Crippen molar-refractivity contribution < 1.29 is 9.59 Å². The van der Waals surface area contributed by atoms with Crippen LogP contribution in [-0.2, 0) is 9.59 Å². The number of hydrogen-bond donors (Lipinski definition) is 1. The summed E-state index contributed by atoms with van der Waals surface area (Å²) in [5, 5.41) is 8.44. The Balaban J connectivity index is 2.45. The van der Waals surface area contributed by atoms with E-state index in [-0.39, 0.29) is 24.4 Å². The predicted octanol–water partition coefficient (Wildman–Crippen LogP) is -0.692. The summed E-state index contributed by atoms with van der Waals surface area (Å²) in [6.07, 6.45) is 1.94. The summed E-state index contributed by atoms with van der Waals surface area (Å²) < 4.78 is 0. The Morgan fingerprint density at radius 1 is 1.59 bits per heavy atom. The van der Waals surface area contributed by atoms with Crippen LogP contribution in [0.15, 0.2) is 0 Å². The predicted molar refractivity (Wildman–Crippen MR) is 61.7 cm³/mol. The number of likely N-dealkylation sites (tertiary alicyclic amines) is 1. The van der Waals surface area contributed by atoms with Gasteiger partial charge in [0.2, 0.25) is 11.8 Å². The van der Waals surface area contributed by atoms with Gasteiger partial charge in [-0.1, -0.05) is 0 Å². The molecule has 1 heterocycles. The van der Waals surface area contributed by atoms with Gasteiger partial charge in [0, 0.05) is 13.6 Å². The lowest BCUT2D eigenvalue weighted by Crippen LogP contribution is -2.45. The molecule has 1 aliphatic heterocycles. The van der Waals surface area contributed by atoms with Gasteiger partial charge in [-0.25, -0.2) is 0 Å². The SMILES string of the molecule is CN(CCC#N)C(=O)CN1CCCC1C(N)=O. The fourth-order valence-corrected chi connectivity index (χ4v) is 1.97. The summed E-state index contributed by atoms with van der Waals surface area (Å²) in [7, 11) is 1.66. The van der Waals surface area contributed by atoms with E-state index < -0.39 is 0 Å². The molecule has 0 aromatic heterocycles.